The molecule has 1 aromatic carbocycles. The van der Waals surface area contributed by atoms with Gasteiger partial charge in [0.05, 0.1) is 16.9 Å². The number of anilines is 1. The van der Waals surface area contributed by atoms with E-state index in [9.17, 15) is 4.79 Å². The summed E-state index contributed by atoms with van der Waals surface area (Å²) in [7, 11) is 0. The highest BCUT2D eigenvalue weighted by atomic mass is 35.5. The van der Waals surface area contributed by atoms with Gasteiger partial charge in [-0.1, -0.05) is 11.6 Å². The van der Waals surface area contributed by atoms with E-state index in [1.807, 2.05) is 6.92 Å². The first-order valence-corrected chi connectivity index (χ1v) is 6.29. The zero-order valence-electron chi connectivity index (χ0n) is 10.2. The van der Waals surface area contributed by atoms with Crippen LogP contribution >= 0.6 is 11.6 Å². The van der Waals surface area contributed by atoms with E-state index in [2.05, 4.69) is 5.32 Å². The summed E-state index contributed by atoms with van der Waals surface area (Å²) < 4.78 is 5.65. The van der Waals surface area contributed by atoms with Crippen LogP contribution in [0.4, 0.5) is 5.69 Å². The van der Waals surface area contributed by atoms with Gasteiger partial charge in [0.2, 0.25) is 0 Å². The minimum absolute atomic E-state index is 0.223. The molecule has 2 rings (SSSR count). The van der Waals surface area contributed by atoms with Crippen molar-refractivity contribution in [2.45, 2.75) is 25.4 Å². The van der Waals surface area contributed by atoms with Crippen molar-refractivity contribution in [3.05, 3.63) is 28.8 Å². The van der Waals surface area contributed by atoms with Gasteiger partial charge in [0, 0.05) is 18.2 Å². The van der Waals surface area contributed by atoms with E-state index in [1.54, 1.807) is 12.1 Å². The van der Waals surface area contributed by atoms with Crippen molar-refractivity contribution in [3.8, 4) is 0 Å². The Morgan fingerprint density at radius 2 is 2.39 bits per heavy atom. The van der Waals surface area contributed by atoms with Crippen LogP contribution in [-0.2, 0) is 4.74 Å². The summed E-state index contributed by atoms with van der Waals surface area (Å²) >= 11 is 5.89. The first-order chi connectivity index (χ1) is 8.50. The SMILES string of the molecule is CC1(CNc2cc(Cl)ccc2C(=O)O)CCCO1. The van der Waals surface area contributed by atoms with Crippen LogP contribution in [0, 0.1) is 0 Å². The second kappa shape index (κ2) is 5.16. The lowest BCUT2D eigenvalue weighted by molar-refractivity contribution is 0.0314. The highest BCUT2D eigenvalue weighted by molar-refractivity contribution is 6.31. The number of carboxylic acid groups (broad SMARTS) is 1. The molecule has 1 atom stereocenters. The second-order valence-corrected chi connectivity index (χ2v) is 5.19. The summed E-state index contributed by atoms with van der Waals surface area (Å²) in [4.78, 5) is 11.1. The molecule has 0 saturated carbocycles. The number of aromatic carboxylic acids is 1. The van der Waals surface area contributed by atoms with Gasteiger partial charge in [0.25, 0.3) is 0 Å². The predicted molar refractivity (Wildman–Crippen MR) is 70.5 cm³/mol. The van der Waals surface area contributed by atoms with Crippen LogP contribution in [0.25, 0.3) is 0 Å². The molecule has 1 aliphatic heterocycles. The highest BCUT2D eigenvalue weighted by Gasteiger charge is 2.29. The number of hydrogen-bond donors (Lipinski definition) is 2. The van der Waals surface area contributed by atoms with Crippen molar-refractivity contribution in [3.63, 3.8) is 0 Å². The van der Waals surface area contributed by atoms with E-state index in [0.717, 1.165) is 19.4 Å². The molecule has 0 aromatic heterocycles. The lowest BCUT2D eigenvalue weighted by Crippen LogP contribution is -2.32. The van der Waals surface area contributed by atoms with Gasteiger partial charge in [0.1, 0.15) is 0 Å². The maximum Gasteiger partial charge on any atom is 0.337 e. The van der Waals surface area contributed by atoms with E-state index in [4.69, 9.17) is 21.4 Å². The third kappa shape index (κ3) is 2.94. The molecule has 98 valence electrons. The van der Waals surface area contributed by atoms with Gasteiger partial charge >= 0.3 is 5.97 Å². The molecule has 0 amide bonds. The summed E-state index contributed by atoms with van der Waals surface area (Å²) in [5.74, 6) is -0.966. The van der Waals surface area contributed by atoms with Gasteiger partial charge in [-0.3, -0.25) is 0 Å². The first-order valence-electron chi connectivity index (χ1n) is 5.91. The fourth-order valence-electron chi connectivity index (χ4n) is 2.11. The molecule has 18 heavy (non-hydrogen) atoms. The molecular formula is C13H16ClNO3. The first kappa shape index (κ1) is 13.2. The van der Waals surface area contributed by atoms with Gasteiger partial charge in [-0.25, -0.2) is 4.79 Å². The number of hydrogen-bond acceptors (Lipinski definition) is 3. The Morgan fingerprint density at radius 3 is 3.00 bits per heavy atom. The van der Waals surface area contributed by atoms with Crippen molar-refractivity contribution < 1.29 is 14.6 Å². The summed E-state index contributed by atoms with van der Waals surface area (Å²) in [6.07, 6.45) is 2.02. The maximum atomic E-state index is 11.1. The minimum atomic E-state index is -0.966. The average Bonchev–Trinajstić information content (AvgIpc) is 2.74. The molecule has 1 aliphatic rings. The van der Waals surface area contributed by atoms with Crippen LogP contribution < -0.4 is 5.32 Å². The molecule has 0 spiro atoms. The predicted octanol–water partition coefficient (Wildman–Crippen LogP) is 3.02. The van der Waals surface area contributed by atoms with E-state index < -0.39 is 5.97 Å². The third-order valence-electron chi connectivity index (χ3n) is 3.17. The Morgan fingerprint density at radius 1 is 1.61 bits per heavy atom. The standard InChI is InChI=1S/C13H16ClNO3/c1-13(5-2-6-18-13)8-15-11-7-9(14)3-4-10(11)12(16)17/h3-4,7,15H,2,5-6,8H2,1H3,(H,16,17). The average molecular weight is 270 g/mol. The van der Waals surface area contributed by atoms with Crippen molar-refractivity contribution in [1.29, 1.82) is 0 Å². The van der Waals surface area contributed by atoms with Crippen LogP contribution in [0.2, 0.25) is 5.02 Å². The Bertz CT molecular complexity index is 456. The minimum Gasteiger partial charge on any atom is -0.478 e. The largest absolute Gasteiger partial charge is 0.478 e. The molecule has 0 bridgehead atoms. The smallest absolute Gasteiger partial charge is 0.337 e. The molecule has 1 unspecified atom stereocenters. The molecule has 4 nitrogen and oxygen atoms in total. The molecule has 2 N–H and O–H groups in total. The molecule has 1 fully saturated rings. The maximum absolute atomic E-state index is 11.1. The van der Waals surface area contributed by atoms with Crippen molar-refractivity contribution in [2.24, 2.45) is 0 Å². The summed E-state index contributed by atoms with van der Waals surface area (Å²) in [6, 6.07) is 4.71. The van der Waals surface area contributed by atoms with Crippen molar-refractivity contribution in [1.82, 2.24) is 0 Å². The van der Waals surface area contributed by atoms with Gasteiger partial charge in [-0.15, -0.1) is 0 Å². The van der Waals surface area contributed by atoms with Crippen molar-refractivity contribution in [2.75, 3.05) is 18.5 Å². The summed E-state index contributed by atoms with van der Waals surface area (Å²) in [6.45, 7) is 3.37. The molecule has 1 saturated heterocycles. The number of ether oxygens (including phenoxy) is 1. The monoisotopic (exact) mass is 269 g/mol. The molecule has 0 aliphatic carbocycles. The topological polar surface area (TPSA) is 58.6 Å². The van der Waals surface area contributed by atoms with Crippen LogP contribution in [0.15, 0.2) is 18.2 Å². The van der Waals surface area contributed by atoms with Gasteiger partial charge < -0.3 is 15.2 Å². The van der Waals surface area contributed by atoms with Crippen LogP contribution in [-0.4, -0.2) is 29.8 Å². The quantitative estimate of drug-likeness (QED) is 0.882. The van der Waals surface area contributed by atoms with Crippen LogP contribution in [0.1, 0.15) is 30.1 Å². The Kier molecular flexibility index (Phi) is 3.78. The Balaban J connectivity index is 2.12. The highest BCUT2D eigenvalue weighted by Crippen LogP contribution is 2.27. The lowest BCUT2D eigenvalue weighted by Gasteiger charge is -2.24. The molecule has 5 heteroatoms. The molecule has 1 heterocycles. The lowest BCUT2D eigenvalue weighted by atomic mass is 10.0. The fraction of sp³-hybridized carbons (Fsp3) is 0.462. The number of halogens is 1. The van der Waals surface area contributed by atoms with Gasteiger partial charge in [-0.05, 0) is 38.0 Å². The number of rotatable bonds is 4. The Hall–Kier alpha value is -1.26. The normalized spacial score (nSPS) is 23.0. The number of benzene rings is 1. The van der Waals surface area contributed by atoms with Gasteiger partial charge in [-0.2, -0.15) is 0 Å². The number of carboxylic acids is 1. The van der Waals surface area contributed by atoms with E-state index >= 15 is 0 Å². The van der Waals surface area contributed by atoms with Crippen LogP contribution in [0.3, 0.4) is 0 Å². The third-order valence-corrected chi connectivity index (χ3v) is 3.40. The zero-order valence-corrected chi connectivity index (χ0v) is 11.0. The molecule has 0 radical (unpaired) electrons. The molecule has 1 aromatic rings. The van der Waals surface area contributed by atoms with E-state index in [-0.39, 0.29) is 11.2 Å². The zero-order chi connectivity index (χ0) is 13.2. The number of carbonyl (C=O) groups is 1. The summed E-state index contributed by atoms with van der Waals surface area (Å²) in [5, 5.41) is 12.7. The van der Waals surface area contributed by atoms with Gasteiger partial charge in [0.15, 0.2) is 0 Å². The second-order valence-electron chi connectivity index (χ2n) is 4.75. The fourth-order valence-corrected chi connectivity index (χ4v) is 2.28. The van der Waals surface area contributed by atoms with Crippen molar-refractivity contribution >= 4 is 23.3 Å². The number of nitrogens with one attached hydrogen (secondary N) is 1. The van der Waals surface area contributed by atoms with Crippen LogP contribution in [0.5, 0.6) is 0 Å². The van der Waals surface area contributed by atoms with E-state index in [1.165, 1.54) is 6.07 Å². The Labute approximate surface area is 111 Å². The molecular weight excluding hydrogens is 254 g/mol. The summed E-state index contributed by atoms with van der Waals surface area (Å²) in [5.41, 5.74) is 0.533. The van der Waals surface area contributed by atoms with E-state index in [0.29, 0.717) is 17.3 Å².